The van der Waals surface area contributed by atoms with Crippen molar-refractivity contribution in [2.45, 2.75) is 39.3 Å². The van der Waals surface area contributed by atoms with Crippen LogP contribution < -0.4 is 10.1 Å². The Morgan fingerprint density at radius 1 is 1.42 bits per heavy atom. The normalized spacial score (nSPS) is 28.1. The highest BCUT2D eigenvalue weighted by molar-refractivity contribution is 5.43. The van der Waals surface area contributed by atoms with Gasteiger partial charge in [0.25, 0.3) is 0 Å². The number of hydrogen-bond donors (Lipinski definition) is 1. The lowest BCUT2D eigenvalue weighted by atomic mass is 9.90. The molecule has 2 rings (SSSR count). The van der Waals surface area contributed by atoms with Gasteiger partial charge < -0.3 is 15.0 Å². The summed E-state index contributed by atoms with van der Waals surface area (Å²) in [6.45, 7) is 8.36. The molecular formula is C15H25N3O. The maximum absolute atomic E-state index is 5.36. The summed E-state index contributed by atoms with van der Waals surface area (Å²) in [5.74, 6) is 1.34. The molecule has 0 aliphatic carbocycles. The minimum absolute atomic E-state index is 0.519. The number of nitrogens with zero attached hydrogens (tertiary/aromatic N) is 2. The van der Waals surface area contributed by atoms with Crippen LogP contribution in [0.4, 0.5) is 5.69 Å². The molecule has 0 bridgehead atoms. The van der Waals surface area contributed by atoms with E-state index in [0.29, 0.717) is 30.5 Å². The second kappa shape index (κ2) is 6.24. The highest BCUT2D eigenvalue weighted by Gasteiger charge is 2.28. The third kappa shape index (κ3) is 3.60. The van der Waals surface area contributed by atoms with Crippen LogP contribution in [0, 0.1) is 5.92 Å². The van der Waals surface area contributed by atoms with Crippen molar-refractivity contribution in [3.63, 3.8) is 0 Å². The predicted octanol–water partition coefficient (Wildman–Crippen LogP) is 2.62. The van der Waals surface area contributed by atoms with Gasteiger partial charge >= 0.3 is 0 Å². The molecule has 0 amide bonds. The van der Waals surface area contributed by atoms with Gasteiger partial charge in [0.05, 0.1) is 18.5 Å². The summed E-state index contributed by atoms with van der Waals surface area (Å²) >= 11 is 0. The molecule has 1 fully saturated rings. The molecule has 1 aromatic rings. The molecule has 2 heterocycles. The second-order valence-electron chi connectivity index (χ2n) is 5.57. The molecule has 0 aromatic carbocycles. The van der Waals surface area contributed by atoms with Crippen molar-refractivity contribution in [1.29, 1.82) is 0 Å². The molecule has 106 valence electrons. The Labute approximate surface area is 116 Å². The van der Waals surface area contributed by atoms with Gasteiger partial charge in [-0.25, -0.2) is 4.98 Å². The minimum Gasteiger partial charge on any atom is -0.478 e. The summed E-state index contributed by atoms with van der Waals surface area (Å²) in [5, 5.41) is 3.61. The van der Waals surface area contributed by atoms with Crippen molar-refractivity contribution in [3.8, 4) is 5.88 Å². The molecule has 0 spiro atoms. The minimum atomic E-state index is 0.519. The second-order valence-corrected chi connectivity index (χ2v) is 5.57. The van der Waals surface area contributed by atoms with Crippen molar-refractivity contribution >= 4 is 5.69 Å². The molecule has 19 heavy (non-hydrogen) atoms. The first kappa shape index (κ1) is 14.1. The van der Waals surface area contributed by atoms with E-state index in [2.05, 4.69) is 36.1 Å². The largest absolute Gasteiger partial charge is 0.478 e. The Balaban J connectivity index is 1.96. The Kier molecular flexibility index (Phi) is 4.64. The fourth-order valence-corrected chi connectivity index (χ4v) is 2.66. The van der Waals surface area contributed by atoms with Gasteiger partial charge in [-0.05, 0) is 39.3 Å². The average Bonchev–Trinajstić information content (AvgIpc) is 2.38. The maximum Gasteiger partial charge on any atom is 0.213 e. The highest BCUT2D eigenvalue weighted by Crippen LogP contribution is 2.24. The van der Waals surface area contributed by atoms with Crippen LogP contribution >= 0.6 is 0 Å². The van der Waals surface area contributed by atoms with Crippen LogP contribution in [0.15, 0.2) is 18.3 Å². The Morgan fingerprint density at radius 2 is 2.21 bits per heavy atom. The van der Waals surface area contributed by atoms with Crippen LogP contribution in [-0.4, -0.2) is 42.2 Å². The molecule has 4 heteroatoms. The molecule has 0 saturated carbocycles. The Bertz CT molecular complexity index is 393. The zero-order chi connectivity index (χ0) is 13.8. The van der Waals surface area contributed by atoms with E-state index in [1.165, 1.54) is 6.42 Å². The molecule has 1 aromatic heterocycles. The van der Waals surface area contributed by atoms with Gasteiger partial charge in [-0.2, -0.15) is 0 Å². The number of aromatic nitrogens is 1. The average molecular weight is 263 g/mol. The molecule has 1 saturated heterocycles. The van der Waals surface area contributed by atoms with E-state index in [1.807, 2.05) is 25.3 Å². The van der Waals surface area contributed by atoms with Gasteiger partial charge in [0.2, 0.25) is 5.88 Å². The first-order valence-electron chi connectivity index (χ1n) is 7.15. The van der Waals surface area contributed by atoms with E-state index in [0.717, 1.165) is 12.2 Å². The van der Waals surface area contributed by atoms with Crippen LogP contribution in [0.5, 0.6) is 5.88 Å². The fraction of sp³-hybridized carbons (Fsp3) is 0.667. The van der Waals surface area contributed by atoms with Gasteiger partial charge in [-0.3, -0.25) is 0 Å². The van der Waals surface area contributed by atoms with Crippen molar-refractivity contribution in [3.05, 3.63) is 18.3 Å². The van der Waals surface area contributed by atoms with E-state index in [9.17, 15) is 0 Å². The summed E-state index contributed by atoms with van der Waals surface area (Å²) in [4.78, 5) is 6.73. The SMILES string of the molecule is CCOc1ccc(NC2CC(C)N(C)CC2C)cn1. The quantitative estimate of drug-likeness (QED) is 0.906. The van der Waals surface area contributed by atoms with E-state index >= 15 is 0 Å². The first-order valence-corrected chi connectivity index (χ1v) is 7.15. The Hall–Kier alpha value is -1.29. The lowest BCUT2D eigenvalue weighted by molar-refractivity contribution is 0.145. The summed E-state index contributed by atoms with van der Waals surface area (Å²) in [5.41, 5.74) is 1.08. The topological polar surface area (TPSA) is 37.4 Å². The number of nitrogens with one attached hydrogen (secondary N) is 1. The number of anilines is 1. The van der Waals surface area contributed by atoms with Crippen molar-refractivity contribution < 1.29 is 4.74 Å². The van der Waals surface area contributed by atoms with Gasteiger partial charge in [-0.1, -0.05) is 6.92 Å². The van der Waals surface area contributed by atoms with E-state index in [1.54, 1.807) is 0 Å². The number of ether oxygens (including phenoxy) is 1. The molecule has 1 N–H and O–H groups in total. The molecule has 3 unspecified atom stereocenters. The van der Waals surface area contributed by atoms with Crippen LogP contribution in [-0.2, 0) is 0 Å². The monoisotopic (exact) mass is 263 g/mol. The number of pyridine rings is 1. The summed E-state index contributed by atoms with van der Waals surface area (Å²) in [7, 11) is 2.20. The number of hydrogen-bond acceptors (Lipinski definition) is 4. The summed E-state index contributed by atoms with van der Waals surface area (Å²) in [6.07, 6.45) is 3.03. The van der Waals surface area contributed by atoms with Gasteiger partial charge in [0, 0.05) is 24.7 Å². The highest BCUT2D eigenvalue weighted by atomic mass is 16.5. The van der Waals surface area contributed by atoms with E-state index < -0.39 is 0 Å². The number of rotatable bonds is 4. The maximum atomic E-state index is 5.36. The zero-order valence-electron chi connectivity index (χ0n) is 12.4. The van der Waals surface area contributed by atoms with Gasteiger partial charge in [0.15, 0.2) is 0 Å². The van der Waals surface area contributed by atoms with Gasteiger partial charge in [0.1, 0.15) is 0 Å². The van der Waals surface area contributed by atoms with E-state index in [-0.39, 0.29) is 0 Å². The number of piperidine rings is 1. The van der Waals surface area contributed by atoms with Crippen LogP contribution in [0.3, 0.4) is 0 Å². The molecule has 0 radical (unpaired) electrons. The molecular weight excluding hydrogens is 238 g/mol. The van der Waals surface area contributed by atoms with Crippen LogP contribution in [0.1, 0.15) is 27.2 Å². The first-order chi connectivity index (χ1) is 9.10. The predicted molar refractivity (Wildman–Crippen MR) is 78.7 cm³/mol. The number of likely N-dealkylation sites (tertiary alicyclic amines) is 1. The third-order valence-electron chi connectivity index (χ3n) is 3.99. The molecule has 1 aliphatic heterocycles. The lowest BCUT2D eigenvalue weighted by Gasteiger charge is -2.40. The molecule has 3 atom stereocenters. The molecule has 1 aliphatic rings. The summed E-state index contributed by atoms with van der Waals surface area (Å²) in [6, 6.07) is 5.12. The fourth-order valence-electron chi connectivity index (χ4n) is 2.66. The van der Waals surface area contributed by atoms with Crippen molar-refractivity contribution in [1.82, 2.24) is 9.88 Å². The van der Waals surface area contributed by atoms with Crippen LogP contribution in [0.25, 0.3) is 0 Å². The Morgan fingerprint density at radius 3 is 2.84 bits per heavy atom. The summed E-state index contributed by atoms with van der Waals surface area (Å²) < 4.78 is 5.36. The third-order valence-corrected chi connectivity index (χ3v) is 3.99. The molecule has 4 nitrogen and oxygen atoms in total. The van der Waals surface area contributed by atoms with Crippen molar-refractivity contribution in [2.75, 3.05) is 25.5 Å². The van der Waals surface area contributed by atoms with Crippen molar-refractivity contribution in [2.24, 2.45) is 5.92 Å². The smallest absolute Gasteiger partial charge is 0.213 e. The standard InChI is InChI=1S/C15H25N3O/c1-5-19-15-7-6-13(9-16-15)17-14-8-12(3)18(4)10-11(14)2/h6-7,9,11-12,14,17H,5,8,10H2,1-4H3. The van der Waals surface area contributed by atoms with Crippen LogP contribution in [0.2, 0.25) is 0 Å². The van der Waals surface area contributed by atoms with E-state index in [4.69, 9.17) is 4.74 Å². The lowest BCUT2D eigenvalue weighted by Crippen LogP contribution is -2.48. The van der Waals surface area contributed by atoms with Gasteiger partial charge in [-0.15, -0.1) is 0 Å². The zero-order valence-corrected chi connectivity index (χ0v) is 12.4.